The van der Waals surface area contributed by atoms with E-state index >= 15 is 0 Å². The van der Waals surface area contributed by atoms with E-state index in [2.05, 4.69) is 50.2 Å². The summed E-state index contributed by atoms with van der Waals surface area (Å²) < 4.78 is 5.95. The molecule has 128 valence electrons. The minimum atomic E-state index is 0.0141. The summed E-state index contributed by atoms with van der Waals surface area (Å²) in [5.41, 5.74) is 5.47. The number of aliphatic hydroxyl groups excluding tert-OH is 1. The zero-order valence-corrected chi connectivity index (χ0v) is 14.8. The van der Waals surface area contributed by atoms with Gasteiger partial charge in [0, 0.05) is 0 Å². The minimum absolute atomic E-state index is 0.0141. The molecule has 0 aliphatic rings. The second-order valence-electron chi connectivity index (χ2n) is 6.53. The van der Waals surface area contributed by atoms with Crippen molar-refractivity contribution in [3.8, 4) is 16.9 Å². The van der Waals surface area contributed by atoms with Gasteiger partial charge in [0.2, 0.25) is 0 Å². The van der Waals surface area contributed by atoms with Crippen LogP contribution >= 0.6 is 0 Å². The fourth-order valence-corrected chi connectivity index (χ4v) is 2.86. The highest BCUT2D eigenvalue weighted by molar-refractivity contribution is 5.69. The fraction of sp³-hybridized carbons (Fsp3) is 0.217. The van der Waals surface area contributed by atoms with Gasteiger partial charge >= 0.3 is 0 Å². The van der Waals surface area contributed by atoms with Gasteiger partial charge in [-0.3, -0.25) is 0 Å². The summed E-state index contributed by atoms with van der Waals surface area (Å²) in [6.07, 6.45) is 0. The zero-order valence-electron chi connectivity index (χ0n) is 14.8. The van der Waals surface area contributed by atoms with Crippen LogP contribution in [0.4, 0.5) is 0 Å². The largest absolute Gasteiger partial charge is 0.489 e. The average Bonchev–Trinajstić information content (AvgIpc) is 2.67. The first-order valence-corrected chi connectivity index (χ1v) is 8.68. The Balaban J connectivity index is 1.89. The van der Waals surface area contributed by atoms with Gasteiger partial charge in [0.15, 0.2) is 0 Å². The zero-order chi connectivity index (χ0) is 17.6. The predicted octanol–water partition coefficient (Wildman–Crippen LogP) is 5.55. The van der Waals surface area contributed by atoms with E-state index in [0.29, 0.717) is 12.5 Å². The Hall–Kier alpha value is -2.58. The lowest BCUT2D eigenvalue weighted by atomic mass is 9.95. The normalized spacial score (nSPS) is 10.9. The molecule has 0 aromatic heterocycles. The molecular weight excluding hydrogens is 308 g/mol. The van der Waals surface area contributed by atoms with Crippen molar-refractivity contribution in [2.75, 3.05) is 0 Å². The highest BCUT2D eigenvalue weighted by Gasteiger charge is 2.09. The van der Waals surface area contributed by atoms with Crippen LogP contribution in [-0.4, -0.2) is 5.11 Å². The van der Waals surface area contributed by atoms with Gasteiger partial charge in [0.25, 0.3) is 0 Å². The Morgan fingerprint density at radius 3 is 2.40 bits per heavy atom. The van der Waals surface area contributed by atoms with Crippen LogP contribution in [0.1, 0.15) is 36.5 Å². The smallest absolute Gasteiger partial charge is 0.120 e. The van der Waals surface area contributed by atoms with Crippen molar-refractivity contribution in [2.45, 2.75) is 33.0 Å². The third-order valence-corrected chi connectivity index (χ3v) is 4.36. The lowest BCUT2D eigenvalue weighted by molar-refractivity contribution is 0.281. The fourth-order valence-electron chi connectivity index (χ4n) is 2.86. The number of hydrogen-bond donors (Lipinski definition) is 1. The molecule has 2 heteroatoms. The molecule has 0 spiro atoms. The van der Waals surface area contributed by atoms with Gasteiger partial charge in [-0.15, -0.1) is 0 Å². The van der Waals surface area contributed by atoms with Crippen LogP contribution in [0.15, 0.2) is 72.8 Å². The maximum atomic E-state index is 9.72. The van der Waals surface area contributed by atoms with Crippen molar-refractivity contribution in [1.82, 2.24) is 0 Å². The van der Waals surface area contributed by atoms with E-state index in [1.807, 2.05) is 36.4 Å². The second-order valence-corrected chi connectivity index (χ2v) is 6.53. The highest BCUT2D eigenvalue weighted by Crippen LogP contribution is 2.30. The number of aliphatic hydroxyl groups is 1. The molecular formula is C23H24O2. The SMILES string of the molecule is CC(C)c1cccc(-c2cc(OCc3ccccc3)ccc2CO)c1. The molecule has 0 aliphatic carbocycles. The molecule has 3 aromatic carbocycles. The van der Waals surface area contributed by atoms with Crippen molar-refractivity contribution in [2.24, 2.45) is 0 Å². The van der Waals surface area contributed by atoms with Crippen LogP contribution in [-0.2, 0) is 13.2 Å². The Bertz CT molecular complexity index is 823. The van der Waals surface area contributed by atoms with E-state index in [1.165, 1.54) is 5.56 Å². The van der Waals surface area contributed by atoms with Gasteiger partial charge in [0.05, 0.1) is 6.61 Å². The first-order valence-electron chi connectivity index (χ1n) is 8.68. The average molecular weight is 332 g/mol. The van der Waals surface area contributed by atoms with Crippen LogP contribution < -0.4 is 4.74 Å². The van der Waals surface area contributed by atoms with Crippen molar-refractivity contribution in [3.05, 3.63) is 89.5 Å². The molecule has 0 radical (unpaired) electrons. The number of rotatable bonds is 6. The van der Waals surface area contributed by atoms with E-state index in [1.54, 1.807) is 0 Å². The molecule has 0 unspecified atom stereocenters. The standard InChI is InChI=1S/C23H24O2/c1-17(2)19-9-6-10-20(13-19)23-14-22(12-11-21(23)15-24)25-16-18-7-4-3-5-8-18/h3-14,17,24H,15-16H2,1-2H3. The van der Waals surface area contributed by atoms with Gasteiger partial charge in [-0.1, -0.05) is 74.5 Å². The molecule has 0 bridgehead atoms. The lowest BCUT2D eigenvalue weighted by Gasteiger charge is -2.14. The molecule has 0 saturated heterocycles. The molecule has 0 aliphatic heterocycles. The minimum Gasteiger partial charge on any atom is -0.489 e. The molecule has 0 fully saturated rings. The molecule has 2 nitrogen and oxygen atoms in total. The van der Waals surface area contributed by atoms with Gasteiger partial charge in [-0.2, -0.15) is 0 Å². The van der Waals surface area contributed by atoms with Crippen LogP contribution in [0.5, 0.6) is 5.75 Å². The molecule has 0 saturated carbocycles. The number of ether oxygens (including phenoxy) is 1. The van der Waals surface area contributed by atoms with Gasteiger partial charge in [0.1, 0.15) is 12.4 Å². The van der Waals surface area contributed by atoms with Crippen LogP contribution in [0.25, 0.3) is 11.1 Å². The summed E-state index contributed by atoms with van der Waals surface area (Å²) in [4.78, 5) is 0. The predicted molar refractivity (Wildman–Crippen MR) is 103 cm³/mol. The summed E-state index contributed by atoms with van der Waals surface area (Å²) in [7, 11) is 0. The monoisotopic (exact) mass is 332 g/mol. The Morgan fingerprint density at radius 1 is 0.880 bits per heavy atom. The molecule has 25 heavy (non-hydrogen) atoms. The molecule has 1 N–H and O–H groups in total. The maximum absolute atomic E-state index is 9.72. The summed E-state index contributed by atoms with van der Waals surface area (Å²) in [5, 5.41) is 9.72. The third-order valence-electron chi connectivity index (χ3n) is 4.36. The molecule has 0 amide bonds. The summed E-state index contributed by atoms with van der Waals surface area (Å²) in [6.45, 7) is 4.92. The van der Waals surface area contributed by atoms with Crippen LogP contribution in [0.2, 0.25) is 0 Å². The Labute approximate surface area is 149 Å². The first kappa shape index (κ1) is 17.2. The summed E-state index contributed by atoms with van der Waals surface area (Å²) in [6, 6.07) is 24.5. The van der Waals surface area contributed by atoms with E-state index in [0.717, 1.165) is 28.0 Å². The molecule has 3 rings (SSSR count). The molecule has 0 heterocycles. The summed E-state index contributed by atoms with van der Waals surface area (Å²) >= 11 is 0. The quantitative estimate of drug-likeness (QED) is 0.641. The van der Waals surface area contributed by atoms with E-state index < -0.39 is 0 Å². The highest BCUT2D eigenvalue weighted by atomic mass is 16.5. The van der Waals surface area contributed by atoms with Gasteiger partial charge in [-0.25, -0.2) is 0 Å². The second kappa shape index (κ2) is 8.00. The van der Waals surface area contributed by atoms with E-state index in [9.17, 15) is 5.11 Å². The number of hydrogen-bond acceptors (Lipinski definition) is 2. The van der Waals surface area contributed by atoms with Crippen LogP contribution in [0, 0.1) is 0 Å². The Morgan fingerprint density at radius 2 is 1.68 bits per heavy atom. The summed E-state index contributed by atoms with van der Waals surface area (Å²) in [5.74, 6) is 1.28. The van der Waals surface area contributed by atoms with Crippen molar-refractivity contribution in [1.29, 1.82) is 0 Å². The van der Waals surface area contributed by atoms with Crippen molar-refractivity contribution in [3.63, 3.8) is 0 Å². The van der Waals surface area contributed by atoms with E-state index in [-0.39, 0.29) is 6.61 Å². The third kappa shape index (κ3) is 4.28. The van der Waals surface area contributed by atoms with Gasteiger partial charge < -0.3 is 9.84 Å². The van der Waals surface area contributed by atoms with Crippen LogP contribution in [0.3, 0.4) is 0 Å². The first-order chi connectivity index (χ1) is 12.2. The molecule has 0 atom stereocenters. The Kier molecular flexibility index (Phi) is 5.52. The molecule has 3 aromatic rings. The number of benzene rings is 3. The van der Waals surface area contributed by atoms with Crippen molar-refractivity contribution < 1.29 is 9.84 Å². The lowest BCUT2D eigenvalue weighted by Crippen LogP contribution is -1.97. The topological polar surface area (TPSA) is 29.5 Å². The van der Waals surface area contributed by atoms with E-state index in [4.69, 9.17) is 4.74 Å². The van der Waals surface area contributed by atoms with Gasteiger partial charge in [-0.05, 0) is 45.9 Å². The van der Waals surface area contributed by atoms with Crippen molar-refractivity contribution >= 4 is 0 Å². The maximum Gasteiger partial charge on any atom is 0.120 e.